The van der Waals surface area contributed by atoms with E-state index in [9.17, 15) is 9.59 Å². The fourth-order valence-electron chi connectivity index (χ4n) is 0.123. The molecule has 0 saturated carbocycles. The fourth-order valence-corrected chi connectivity index (χ4v) is 0.123. The Labute approximate surface area is 115 Å². The van der Waals surface area contributed by atoms with E-state index in [0.717, 1.165) is 6.92 Å². The number of rotatable bonds is 0. The Kier molecular flexibility index (Phi) is 17.4. The molecule has 0 bridgehead atoms. The summed E-state index contributed by atoms with van der Waals surface area (Å²) < 4.78 is 3.53. The van der Waals surface area contributed by atoms with Crippen molar-refractivity contribution in [3.8, 4) is 0 Å². The molecule has 0 fully saturated rings. The Morgan fingerprint density at radius 3 is 1.89 bits per heavy atom. The van der Waals surface area contributed by atoms with Crippen LogP contribution < -0.4 is 51.4 Å². The van der Waals surface area contributed by atoms with Gasteiger partial charge in [-0.2, -0.15) is 0 Å². The van der Waals surface area contributed by atoms with Gasteiger partial charge in [0, 0.05) is 6.92 Å². The standard InChI is InChI=1S/C3H4O4.K.Mg.3H/c1-2(4)7-3(5)6;;;;;/h1H3,(H,5,6);;;;;/q;+1;+2;3*-1. The first-order valence-corrected chi connectivity index (χ1v) is 1.54. The minimum Gasteiger partial charge on any atom is -1.00 e. The summed E-state index contributed by atoms with van der Waals surface area (Å²) in [6.45, 7) is 1.02. The van der Waals surface area contributed by atoms with Crippen LogP contribution in [-0.2, 0) is 9.53 Å². The molecule has 0 amide bonds. The number of hydrogen-bond acceptors (Lipinski definition) is 3. The van der Waals surface area contributed by atoms with Crippen molar-refractivity contribution < 1.29 is 75.1 Å². The van der Waals surface area contributed by atoms with Crippen LogP contribution in [0, 0.1) is 0 Å². The van der Waals surface area contributed by atoms with E-state index in [4.69, 9.17) is 5.11 Å². The van der Waals surface area contributed by atoms with E-state index in [1.165, 1.54) is 0 Å². The predicted molar refractivity (Wildman–Crippen MR) is 28.9 cm³/mol. The van der Waals surface area contributed by atoms with Crippen molar-refractivity contribution in [1.82, 2.24) is 0 Å². The first-order valence-electron chi connectivity index (χ1n) is 1.54. The quantitative estimate of drug-likeness (QED) is 0.242. The molecular weight excluding hydrogens is 163 g/mol. The van der Waals surface area contributed by atoms with Gasteiger partial charge < -0.3 is 14.1 Å². The minimum atomic E-state index is -1.56. The van der Waals surface area contributed by atoms with Crippen molar-refractivity contribution in [2.45, 2.75) is 6.92 Å². The minimum absolute atomic E-state index is 0. The Hall–Kier alpha value is 1.34. The van der Waals surface area contributed by atoms with Crippen LogP contribution in [-0.4, -0.2) is 40.3 Å². The monoisotopic (exact) mass is 170 g/mol. The second-order valence-electron chi connectivity index (χ2n) is 0.860. The van der Waals surface area contributed by atoms with Crippen LogP contribution in [0.3, 0.4) is 0 Å². The molecule has 1 N–H and O–H groups in total. The molecule has 0 spiro atoms. The first kappa shape index (κ1) is 16.7. The summed E-state index contributed by atoms with van der Waals surface area (Å²) in [6.07, 6.45) is -1.56. The normalized spacial score (nSPS) is 5.89. The second-order valence-corrected chi connectivity index (χ2v) is 0.860. The number of ether oxygens (including phenoxy) is 1. The van der Waals surface area contributed by atoms with E-state index in [1.807, 2.05) is 0 Å². The molecule has 9 heavy (non-hydrogen) atoms. The van der Waals surface area contributed by atoms with Crippen LogP contribution in [0.15, 0.2) is 0 Å². The van der Waals surface area contributed by atoms with Gasteiger partial charge in [-0.15, -0.1) is 0 Å². The molecule has 0 aliphatic heterocycles. The zero-order chi connectivity index (χ0) is 5.86. The van der Waals surface area contributed by atoms with Crippen LogP contribution >= 0.6 is 0 Å². The topological polar surface area (TPSA) is 63.6 Å². The van der Waals surface area contributed by atoms with Crippen LogP contribution in [0.5, 0.6) is 0 Å². The average molecular weight is 170 g/mol. The van der Waals surface area contributed by atoms with Crippen LogP contribution in [0.2, 0.25) is 0 Å². The van der Waals surface area contributed by atoms with E-state index < -0.39 is 12.1 Å². The number of carboxylic acid groups (broad SMARTS) is 1. The molecule has 0 unspecified atom stereocenters. The van der Waals surface area contributed by atoms with Crippen molar-refractivity contribution >= 4 is 35.2 Å². The van der Waals surface area contributed by atoms with E-state index in [0.29, 0.717) is 0 Å². The largest absolute Gasteiger partial charge is 2.00 e. The average Bonchev–Trinajstić information content (AvgIpc) is 1.27. The third-order valence-corrected chi connectivity index (χ3v) is 0.231. The van der Waals surface area contributed by atoms with E-state index in [-0.39, 0.29) is 78.7 Å². The molecule has 46 valence electrons. The van der Waals surface area contributed by atoms with Gasteiger partial charge in [-0.25, -0.2) is 4.79 Å². The first-order chi connectivity index (χ1) is 3.13. The molecule has 4 nitrogen and oxygen atoms in total. The number of hydrogen-bond donors (Lipinski definition) is 1. The van der Waals surface area contributed by atoms with Crippen LogP contribution in [0.25, 0.3) is 0 Å². The maximum Gasteiger partial charge on any atom is 2.00 e. The molecule has 0 aromatic carbocycles. The van der Waals surface area contributed by atoms with Gasteiger partial charge in [0.05, 0.1) is 0 Å². The molecule has 0 aliphatic rings. The molecule has 0 aromatic heterocycles. The van der Waals surface area contributed by atoms with Gasteiger partial charge in [-0.3, -0.25) is 4.79 Å². The maximum atomic E-state index is 9.65. The van der Waals surface area contributed by atoms with Gasteiger partial charge in [0.25, 0.3) is 0 Å². The van der Waals surface area contributed by atoms with E-state index >= 15 is 0 Å². The molecule has 0 saturated heterocycles. The molecule has 0 rings (SSSR count). The van der Waals surface area contributed by atoms with Gasteiger partial charge in [-0.05, 0) is 0 Å². The zero-order valence-corrected chi connectivity index (χ0v) is 9.92. The SMILES string of the molecule is CC(=O)OC(=O)O.[H-].[H-].[H-].[K+].[Mg+2]. The van der Waals surface area contributed by atoms with Gasteiger partial charge in [0.15, 0.2) is 0 Å². The van der Waals surface area contributed by atoms with Crippen molar-refractivity contribution in [2.24, 2.45) is 0 Å². The Morgan fingerprint density at radius 1 is 1.56 bits per heavy atom. The summed E-state index contributed by atoms with van der Waals surface area (Å²) in [4.78, 5) is 19.0. The molecular formula is C3H7KMgO4. The number of carbonyl (C=O) groups is 2. The van der Waals surface area contributed by atoms with Crippen molar-refractivity contribution in [1.29, 1.82) is 0 Å². The smallest absolute Gasteiger partial charge is 1.00 e. The number of carbonyl (C=O) groups excluding carboxylic acids is 1. The van der Waals surface area contributed by atoms with E-state index in [2.05, 4.69) is 4.74 Å². The van der Waals surface area contributed by atoms with Crippen molar-refractivity contribution in [3.63, 3.8) is 0 Å². The van der Waals surface area contributed by atoms with Gasteiger partial charge in [0.1, 0.15) is 0 Å². The summed E-state index contributed by atoms with van der Waals surface area (Å²) in [6, 6.07) is 0. The molecule has 0 aromatic rings. The van der Waals surface area contributed by atoms with Gasteiger partial charge in [-0.1, -0.05) is 0 Å². The second kappa shape index (κ2) is 9.34. The molecule has 0 heterocycles. The molecule has 0 radical (unpaired) electrons. The summed E-state index contributed by atoms with van der Waals surface area (Å²) >= 11 is 0. The molecule has 0 atom stereocenters. The van der Waals surface area contributed by atoms with Crippen molar-refractivity contribution in [2.75, 3.05) is 0 Å². The summed E-state index contributed by atoms with van der Waals surface area (Å²) in [5, 5.41) is 7.64. The molecule has 6 heteroatoms. The zero-order valence-electron chi connectivity index (χ0n) is 8.38. The summed E-state index contributed by atoms with van der Waals surface area (Å²) in [5.41, 5.74) is 0. The Balaban J connectivity index is -0.0000000180. The van der Waals surface area contributed by atoms with Gasteiger partial charge >= 0.3 is 86.6 Å². The third kappa shape index (κ3) is 17.6. The third-order valence-electron chi connectivity index (χ3n) is 0.231. The Bertz CT molecular complexity index is 102. The summed E-state index contributed by atoms with van der Waals surface area (Å²) in [7, 11) is 0. The van der Waals surface area contributed by atoms with E-state index in [1.54, 1.807) is 0 Å². The van der Waals surface area contributed by atoms with Crippen molar-refractivity contribution in [3.05, 3.63) is 0 Å². The van der Waals surface area contributed by atoms with Crippen LogP contribution in [0.4, 0.5) is 4.79 Å². The fraction of sp³-hybridized carbons (Fsp3) is 0.333. The summed E-state index contributed by atoms with van der Waals surface area (Å²) in [5.74, 6) is -0.812. The Morgan fingerprint density at radius 2 is 1.89 bits per heavy atom. The number of esters is 1. The van der Waals surface area contributed by atoms with Crippen LogP contribution in [0.1, 0.15) is 11.2 Å². The molecule has 0 aliphatic carbocycles. The van der Waals surface area contributed by atoms with Gasteiger partial charge in [0.2, 0.25) is 0 Å². The predicted octanol–water partition coefficient (Wildman–Crippen LogP) is -2.81. The maximum absolute atomic E-state index is 9.65.